The van der Waals surface area contributed by atoms with Crippen LogP contribution in [0.15, 0.2) is 12.1 Å². The van der Waals surface area contributed by atoms with Crippen LogP contribution in [0.2, 0.25) is 0 Å². The molecule has 4 heteroatoms. The first-order valence-electron chi connectivity index (χ1n) is 5.94. The van der Waals surface area contributed by atoms with Crippen LogP contribution in [0.5, 0.6) is 11.5 Å². The third kappa shape index (κ3) is 2.37. The number of fused-ring (bicyclic) bond motifs is 1. The highest BCUT2D eigenvalue weighted by Crippen LogP contribution is 2.37. The van der Waals surface area contributed by atoms with Crippen molar-refractivity contribution in [1.82, 2.24) is 0 Å². The monoisotopic (exact) mass is 237 g/mol. The number of ether oxygens (including phenoxy) is 2. The number of rotatable bonds is 2. The van der Waals surface area contributed by atoms with Crippen LogP contribution >= 0.6 is 0 Å². The van der Waals surface area contributed by atoms with E-state index in [9.17, 15) is 5.11 Å². The molecule has 0 bridgehead atoms. The number of nitrogens with two attached hydrogens (primary N) is 1. The summed E-state index contributed by atoms with van der Waals surface area (Å²) in [5, 5.41) is 10.0. The topological polar surface area (TPSA) is 64.7 Å². The third-order valence-corrected chi connectivity index (χ3v) is 3.02. The van der Waals surface area contributed by atoms with E-state index in [0.717, 1.165) is 29.0 Å². The van der Waals surface area contributed by atoms with Crippen molar-refractivity contribution in [2.75, 3.05) is 13.2 Å². The quantitative estimate of drug-likeness (QED) is 0.819. The molecule has 0 saturated heterocycles. The molecule has 1 aromatic carbocycles. The molecule has 94 valence electrons. The lowest BCUT2D eigenvalue weighted by Crippen LogP contribution is -2.25. The molecule has 17 heavy (non-hydrogen) atoms. The van der Waals surface area contributed by atoms with Crippen LogP contribution in [-0.4, -0.2) is 24.4 Å². The van der Waals surface area contributed by atoms with E-state index in [1.807, 2.05) is 19.1 Å². The molecule has 0 fully saturated rings. The Kier molecular flexibility index (Phi) is 3.54. The summed E-state index contributed by atoms with van der Waals surface area (Å²) in [5.74, 6) is 1.49. The number of hydrogen-bond acceptors (Lipinski definition) is 4. The highest BCUT2D eigenvalue weighted by atomic mass is 16.5. The Bertz CT molecular complexity index is 404. The Hall–Kier alpha value is -1.26. The number of aliphatic hydroxyl groups excluding tert-OH is 1. The summed E-state index contributed by atoms with van der Waals surface area (Å²) in [4.78, 5) is 0. The van der Waals surface area contributed by atoms with Gasteiger partial charge in [-0.2, -0.15) is 0 Å². The van der Waals surface area contributed by atoms with Crippen molar-refractivity contribution in [3.05, 3.63) is 23.3 Å². The second-order valence-electron chi connectivity index (χ2n) is 4.46. The summed E-state index contributed by atoms with van der Waals surface area (Å²) < 4.78 is 11.3. The van der Waals surface area contributed by atoms with Crippen molar-refractivity contribution in [3.63, 3.8) is 0 Å². The number of hydrogen-bond donors (Lipinski definition) is 2. The molecule has 0 saturated carbocycles. The van der Waals surface area contributed by atoms with Gasteiger partial charge in [0.1, 0.15) is 0 Å². The molecule has 2 atom stereocenters. The van der Waals surface area contributed by atoms with Gasteiger partial charge in [-0.1, -0.05) is 6.07 Å². The van der Waals surface area contributed by atoms with Gasteiger partial charge >= 0.3 is 0 Å². The molecule has 1 aliphatic rings. The van der Waals surface area contributed by atoms with Crippen LogP contribution in [0.4, 0.5) is 0 Å². The molecule has 0 amide bonds. The molecule has 0 radical (unpaired) electrons. The van der Waals surface area contributed by atoms with Crippen molar-refractivity contribution in [2.45, 2.75) is 32.4 Å². The van der Waals surface area contributed by atoms with Crippen molar-refractivity contribution in [3.8, 4) is 11.5 Å². The SMILES string of the molecule is Cc1c(C(O)C(C)N)ccc2c1OCCCO2. The van der Waals surface area contributed by atoms with Gasteiger partial charge in [0.05, 0.1) is 19.3 Å². The molecule has 2 rings (SSSR count). The fraction of sp³-hybridized carbons (Fsp3) is 0.538. The summed E-state index contributed by atoms with van der Waals surface area (Å²) in [7, 11) is 0. The Morgan fingerprint density at radius 2 is 2.00 bits per heavy atom. The average Bonchev–Trinajstić information content (AvgIpc) is 2.54. The summed E-state index contributed by atoms with van der Waals surface area (Å²) in [6, 6.07) is 3.39. The van der Waals surface area contributed by atoms with Crippen LogP contribution < -0.4 is 15.2 Å². The summed E-state index contributed by atoms with van der Waals surface area (Å²) in [6.45, 7) is 5.02. The Morgan fingerprint density at radius 1 is 1.29 bits per heavy atom. The molecule has 1 aromatic rings. The highest BCUT2D eigenvalue weighted by Gasteiger charge is 2.21. The van der Waals surface area contributed by atoms with E-state index < -0.39 is 6.10 Å². The predicted octanol–water partition coefficient (Wildman–Crippen LogP) is 1.54. The van der Waals surface area contributed by atoms with E-state index in [2.05, 4.69) is 0 Å². The van der Waals surface area contributed by atoms with E-state index >= 15 is 0 Å². The smallest absolute Gasteiger partial charge is 0.164 e. The molecular weight excluding hydrogens is 218 g/mol. The van der Waals surface area contributed by atoms with Crippen molar-refractivity contribution >= 4 is 0 Å². The summed E-state index contributed by atoms with van der Waals surface area (Å²) >= 11 is 0. The van der Waals surface area contributed by atoms with Crippen LogP contribution in [0, 0.1) is 6.92 Å². The third-order valence-electron chi connectivity index (χ3n) is 3.02. The van der Waals surface area contributed by atoms with Crippen LogP contribution in [0.25, 0.3) is 0 Å². The van der Waals surface area contributed by atoms with E-state index in [4.69, 9.17) is 15.2 Å². The fourth-order valence-electron chi connectivity index (χ4n) is 1.99. The first-order chi connectivity index (χ1) is 8.11. The zero-order valence-electron chi connectivity index (χ0n) is 10.3. The minimum Gasteiger partial charge on any atom is -0.490 e. The number of benzene rings is 1. The lowest BCUT2D eigenvalue weighted by molar-refractivity contribution is 0.152. The highest BCUT2D eigenvalue weighted by molar-refractivity contribution is 5.51. The molecule has 0 spiro atoms. The minimum absolute atomic E-state index is 0.307. The maximum atomic E-state index is 10.0. The summed E-state index contributed by atoms with van der Waals surface area (Å²) in [6.07, 6.45) is 0.200. The molecule has 3 N–H and O–H groups in total. The zero-order valence-corrected chi connectivity index (χ0v) is 10.3. The summed E-state index contributed by atoms with van der Waals surface area (Å²) in [5.41, 5.74) is 7.44. The van der Waals surface area contributed by atoms with Gasteiger partial charge in [0.15, 0.2) is 11.5 Å². The average molecular weight is 237 g/mol. The molecule has 0 aliphatic carbocycles. The van der Waals surface area contributed by atoms with Crippen molar-refractivity contribution < 1.29 is 14.6 Å². The maximum absolute atomic E-state index is 10.0. The van der Waals surface area contributed by atoms with Gasteiger partial charge in [0.25, 0.3) is 0 Å². The van der Waals surface area contributed by atoms with Gasteiger partial charge in [-0.15, -0.1) is 0 Å². The van der Waals surface area contributed by atoms with Crippen LogP contribution in [-0.2, 0) is 0 Å². The van der Waals surface area contributed by atoms with Gasteiger partial charge in [-0.3, -0.25) is 0 Å². The van der Waals surface area contributed by atoms with Gasteiger partial charge in [-0.05, 0) is 25.5 Å². The first-order valence-corrected chi connectivity index (χ1v) is 5.94. The molecule has 0 aromatic heterocycles. The second kappa shape index (κ2) is 4.94. The largest absolute Gasteiger partial charge is 0.490 e. The molecule has 2 unspecified atom stereocenters. The van der Waals surface area contributed by atoms with E-state index in [0.29, 0.717) is 13.2 Å². The van der Waals surface area contributed by atoms with Crippen molar-refractivity contribution in [2.24, 2.45) is 5.73 Å². The van der Waals surface area contributed by atoms with E-state index in [-0.39, 0.29) is 6.04 Å². The Labute approximate surface area is 101 Å². The first kappa shape index (κ1) is 12.2. The van der Waals surface area contributed by atoms with E-state index in [1.54, 1.807) is 6.92 Å². The second-order valence-corrected chi connectivity index (χ2v) is 4.46. The van der Waals surface area contributed by atoms with Gasteiger partial charge in [0, 0.05) is 18.0 Å². The standard InChI is InChI=1S/C13H19NO3/c1-8-10(12(15)9(2)14)4-5-11-13(8)17-7-3-6-16-11/h4-5,9,12,15H,3,6-7,14H2,1-2H3. The predicted molar refractivity (Wildman–Crippen MR) is 65.4 cm³/mol. The molecule has 1 heterocycles. The van der Waals surface area contributed by atoms with Gasteiger partial charge in [0.2, 0.25) is 0 Å². The Balaban J connectivity index is 2.40. The van der Waals surface area contributed by atoms with Crippen LogP contribution in [0.3, 0.4) is 0 Å². The molecular formula is C13H19NO3. The lowest BCUT2D eigenvalue weighted by atomic mass is 9.98. The lowest BCUT2D eigenvalue weighted by Gasteiger charge is -2.20. The minimum atomic E-state index is -0.674. The number of aliphatic hydroxyl groups is 1. The molecule has 4 nitrogen and oxygen atoms in total. The fourth-order valence-corrected chi connectivity index (χ4v) is 1.99. The zero-order chi connectivity index (χ0) is 12.4. The van der Waals surface area contributed by atoms with Crippen molar-refractivity contribution in [1.29, 1.82) is 0 Å². The molecule has 1 aliphatic heterocycles. The normalized spacial score (nSPS) is 18.4. The van der Waals surface area contributed by atoms with Gasteiger partial charge < -0.3 is 20.3 Å². The van der Waals surface area contributed by atoms with Gasteiger partial charge in [-0.25, -0.2) is 0 Å². The Morgan fingerprint density at radius 3 is 2.71 bits per heavy atom. The maximum Gasteiger partial charge on any atom is 0.164 e. The van der Waals surface area contributed by atoms with Crippen LogP contribution in [0.1, 0.15) is 30.6 Å². The van der Waals surface area contributed by atoms with E-state index in [1.165, 1.54) is 0 Å².